The van der Waals surface area contributed by atoms with Gasteiger partial charge in [-0.05, 0) is 37.3 Å². The number of thiazole rings is 1. The van der Waals surface area contributed by atoms with E-state index in [1.54, 1.807) is 5.38 Å². The summed E-state index contributed by atoms with van der Waals surface area (Å²) in [7, 11) is 0. The molecule has 0 atom stereocenters. The third-order valence-corrected chi connectivity index (χ3v) is 4.25. The smallest absolute Gasteiger partial charge is 0.331 e. The van der Waals surface area contributed by atoms with Crippen molar-refractivity contribution in [2.75, 3.05) is 11.9 Å². The van der Waals surface area contributed by atoms with E-state index >= 15 is 0 Å². The Bertz CT molecular complexity index is 761. The summed E-state index contributed by atoms with van der Waals surface area (Å²) in [6, 6.07) is 5.93. The van der Waals surface area contributed by atoms with Crippen LogP contribution in [0, 0.1) is 6.92 Å². The molecule has 9 heteroatoms. The highest BCUT2D eigenvalue weighted by molar-refractivity contribution is 7.99. The number of carbonyl (C=O) groups excluding carboxylic acids is 2. The SMILES string of the molecule is Cc1nc(C=CC(=O)OCC(=O)Nc2ccc(SC(F)F)cc2)cs1. The van der Waals surface area contributed by atoms with Crippen molar-refractivity contribution in [3.8, 4) is 0 Å². The number of carbonyl (C=O) groups is 2. The summed E-state index contributed by atoms with van der Waals surface area (Å²) in [4.78, 5) is 27.8. The average Bonchev–Trinajstić information content (AvgIpc) is 2.98. The highest BCUT2D eigenvalue weighted by Crippen LogP contribution is 2.26. The zero-order valence-corrected chi connectivity index (χ0v) is 14.7. The van der Waals surface area contributed by atoms with Crippen LogP contribution in [0.3, 0.4) is 0 Å². The van der Waals surface area contributed by atoms with E-state index in [2.05, 4.69) is 10.3 Å². The molecule has 0 unspecified atom stereocenters. The summed E-state index contributed by atoms with van der Waals surface area (Å²) in [6.45, 7) is 1.40. The Morgan fingerprint density at radius 1 is 1.36 bits per heavy atom. The van der Waals surface area contributed by atoms with E-state index in [9.17, 15) is 18.4 Å². The third-order valence-electron chi connectivity index (χ3n) is 2.74. The number of alkyl halides is 2. The molecule has 1 amide bonds. The molecule has 132 valence electrons. The Kier molecular flexibility index (Phi) is 7.08. The molecule has 0 aliphatic rings. The minimum absolute atomic E-state index is 0.391. The van der Waals surface area contributed by atoms with Gasteiger partial charge in [0.15, 0.2) is 6.61 Å². The van der Waals surface area contributed by atoms with Gasteiger partial charge in [-0.25, -0.2) is 9.78 Å². The molecule has 0 saturated carbocycles. The van der Waals surface area contributed by atoms with Gasteiger partial charge in [0.2, 0.25) is 0 Å². The minimum Gasteiger partial charge on any atom is -0.452 e. The van der Waals surface area contributed by atoms with E-state index in [0.29, 0.717) is 28.0 Å². The summed E-state index contributed by atoms with van der Waals surface area (Å²) in [6.07, 6.45) is 2.70. The van der Waals surface area contributed by atoms with Crippen LogP contribution in [0.4, 0.5) is 14.5 Å². The molecule has 0 fully saturated rings. The molecule has 2 rings (SSSR count). The molecule has 1 aromatic carbocycles. The summed E-state index contributed by atoms with van der Waals surface area (Å²) < 4.78 is 29.2. The highest BCUT2D eigenvalue weighted by atomic mass is 32.2. The maximum atomic E-state index is 12.2. The van der Waals surface area contributed by atoms with Crippen molar-refractivity contribution >= 4 is 46.7 Å². The fourth-order valence-electron chi connectivity index (χ4n) is 1.71. The predicted molar refractivity (Wildman–Crippen MR) is 93.8 cm³/mol. The number of amides is 1. The van der Waals surface area contributed by atoms with Gasteiger partial charge in [-0.1, -0.05) is 11.8 Å². The van der Waals surface area contributed by atoms with E-state index in [4.69, 9.17) is 4.74 Å². The Hall–Kier alpha value is -2.26. The van der Waals surface area contributed by atoms with Crippen LogP contribution in [0.1, 0.15) is 10.7 Å². The molecule has 0 radical (unpaired) electrons. The number of ether oxygens (including phenoxy) is 1. The Morgan fingerprint density at radius 2 is 2.08 bits per heavy atom. The zero-order chi connectivity index (χ0) is 18.2. The number of aryl methyl sites for hydroxylation is 1. The second kappa shape index (κ2) is 9.28. The number of hydrogen-bond acceptors (Lipinski definition) is 6. The van der Waals surface area contributed by atoms with Crippen LogP contribution in [-0.4, -0.2) is 29.2 Å². The van der Waals surface area contributed by atoms with Crippen molar-refractivity contribution in [1.82, 2.24) is 4.98 Å². The molecule has 1 heterocycles. The first-order chi connectivity index (χ1) is 11.9. The maximum absolute atomic E-state index is 12.2. The topological polar surface area (TPSA) is 68.3 Å². The molecule has 5 nitrogen and oxygen atoms in total. The van der Waals surface area contributed by atoms with Crippen LogP contribution < -0.4 is 5.32 Å². The second-order valence-corrected chi connectivity index (χ2v) is 6.81. The van der Waals surface area contributed by atoms with Crippen LogP contribution in [-0.2, 0) is 14.3 Å². The number of nitrogens with zero attached hydrogens (tertiary/aromatic N) is 1. The van der Waals surface area contributed by atoms with E-state index in [1.165, 1.54) is 47.8 Å². The Balaban J connectivity index is 1.76. The van der Waals surface area contributed by atoms with Gasteiger partial charge < -0.3 is 10.1 Å². The van der Waals surface area contributed by atoms with Gasteiger partial charge in [-0.2, -0.15) is 8.78 Å². The Labute approximate surface area is 151 Å². The molecule has 2 aromatic rings. The number of halogens is 2. The average molecular weight is 384 g/mol. The Morgan fingerprint density at radius 3 is 2.68 bits per heavy atom. The van der Waals surface area contributed by atoms with Crippen LogP contribution in [0.15, 0.2) is 40.6 Å². The molecule has 0 spiro atoms. The molecule has 0 saturated heterocycles. The maximum Gasteiger partial charge on any atom is 0.331 e. The summed E-state index contributed by atoms with van der Waals surface area (Å²) >= 11 is 1.88. The standard InChI is InChI=1S/C16H14F2N2O3S2/c1-10-19-12(9-24-10)4-7-15(22)23-8-14(21)20-11-2-5-13(6-3-11)25-16(17)18/h2-7,9,16H,8H2,1H3,(H,20,21). The highest BCUT2D eigenvalue weighted by Gasteiger charge is 2.08. The van der Waals surface area contributed by atoms with Gasteiger partial charge in [0, 0.05) is 22.0 Å². The zero-order valence-electron chi connectivity index (χ0n) is 13.1. The molecular formula is C16H14F2N2O3S2. The number of anilines is 1. The van der Waals surface area contributed by atoms with E-state index < -0.39 is 24.2 Å². The molecule has 1 aromatic heterocycles. The van der Waals surface area contributed by atoms with E-state index in [1.807, 2.05) is 6.92 Å². The molecular weight excluding hydrogens is 370 g/mol. The van der Waals surface area contributed by atoms with Gasteiger partial charge >= 0.3 is 5.97 Å². The van der Waals surface area contributed by atoms with Crippen molar-refractivity contribution in [3.05, 3.63) is 46.4 Å². The van der Waals surface area contributed by atoms with E-state index in [0.717, 1.165) is 5.01 Å². The lowest BCUT2D eigenvalue weighted by Gasteiger charge is -2.06. The van der Waals surface area contributed by atoms with Gasteiger partial charge in [-0.15, -0.1) is 11.3 Å². The molecule has 0 aliphatic carbocycles. The van der Waals surface area contributed by atoms with Gasteiger partial charge in [0.05, 0.1) is 10.7 Å². The summed E-state index contributed by atoms with van der Waals surface area (Å²) in [5.74, 6) is -3.69. The monoisotopic (exact) mass is 384 g/mol. The first kappa shape index (κ1) is 19.1. The first-order valence-corrected chi connectivity index (χ1v) is 8.80. The molecule has 1 N–H and O–H groups in total. The van der Waals surface area contributed by atoms with Crippen molar-refractivity contribution in [2.45, 2.75) is 17.6 Å². The minimum atomic E-state index is -2.50. The van der Waals surface area contributed by atoms with Crippen LogP contribution >= 0.6 is 23.1 Å². The predicted octanol–water partition coefficient (Wildman–Crippen LogP) is 3.96. The van der Waals surface area contributed by atoms with Gasteiger partial charge in [0.1, 0.15) is 0 Å². The third kappa shape index (κ3) is 7.02. The van der Waals surface area contributed by atoms with Crippen LogP contribution in [0.25, 0.3) is 6.08 Å². The van der Waals surface area contributed by atoms with Crippen LogP contribution in [0.5, 0.6) is 0 Å². The second-order valence-electron chi connectivity index (χ2n) is 4.68. The number of hydrogen-bond donors (Lipinski definition) is 1. The quantitative estimate of drug-likeness (QED) is 0.445. The summed E-state index contributed by atoms with van der Waals surface area (Å²) in [5.41, 5.74) is 1.07. The van der Waals surface area contributed by atoms with Crippen molar-refractivity contribution in [1.29, 1.82) is 0 Å². The number of thioether (sulfide) groups is 1. The number of rotatable bonds is 7. The van der Waals surface area contributed by atoms with Crippen molar-refractivity contribution in [3.63, 3.8) is 0 Å². The van der Waals surface area contributed by atoms with Gasteiger partial charge in [0.25, 0.3) is 11.7 Å². The fraction of sp³-hybridized carbons (Fsp3) is 0.188. The first-order valence-electron chi connectivity index (χ1n) is 7.04. The number of esters is 1. The number of aromatic nitrogens is 1. The lowest BCUT2D eigenvalue weighted by molar-refractivity contribution is -0.142. The molecule has 0 aliphatic heterocycles. The van der Waals surface area contributed by atoms with E-state index in [-0.39, 0.29) is 0 Å². The van der Waals surface area contributed by atoms with Gasteiger partial charge in [-0.3, -0.25) is 4.79 Å². The van der Waals surface area contributed by atoms with Crippen molar-refractivity contribution in [2.24, 2.45) is 0 Å². The molecule has 0 bridgehead atoms. The number of benzene rings is 1. The van der Waals surface area contributed by atoms with Crippen LogP contribution in [0.2, 0.25) is 0 Å². The largest absolute Gasteiger partial charge is 0.452 e. The fourth-order valence-corrected chi connectivity index (χ4v) is 2.79. The lowest BCUT2D eigenvalue weighted by Crippen LogP contribution is -2.20. The molecule has 25 heavy (non-hydrogen) atoms. The normalized spacial score (nSPS) is 11.0. The lowest BCUT2D eigenvalue weighted by atomic mass is 10.3. The number of nitrogens with one attached hydrogen (secondary N) is 1. The van der Waals surface area contributed by atoms with Crippen molar-refractivity contribution < 1.29 is 23.1 Å². The summed E-state index contributed by atoms with van der Waals surface area (Å²) in [5, 5.41) is 5.18.